The van der Waals surface area contributed by atoms with Crippen molar-refractivity contribution in [2.45, 2.75) is 82.6 Å². The van der Waals surface area contributed by atoms with Crippen LogP contribution in [0.4, 0.5) is 0 Å². The van der Waals surface area contributed by atoms with Gasteiger partial charge in [-0.2, -0.15) is 5.10 Å². The molecule has 4 rings (SSSR count). The molecule has 0 radical (unpaired) electrons. The van der Waals surface area contributed by atoms with Gasteiger partial charge in [-0.25, -0.2) is 0 Å². The molecule has 0 aromatic carbocycles. The molecule has 3 heterocycles. The molecule has 0 amide bonds. The first-order valence-electron chi connectivity index (χ1n) is 11.4. The van der Waals surface area contributed by atoms with Crippen LogP contribution in [0.2, 0.25) is 0 Å². The molecular weight excluding hydrogens is 352 g/mol. The van der Waals surface area contributed by atoms with E-state index in [0.29, 0.717) is 18.2 Å². The Bertz CT molecular complexity index is 605. The Labute approximate surface area is 170 Å². The maximum Gasteiger partial charge on any atom is 0.0886 e. The highest BCUT2D eigenvalue weighted by Gasteiger charge is 2.56. The van der Waals surface area contributed by atoms with Crippen molar-refractivity contribution < 1.29 is 9.47 Å². The van der Waals surface area contributed by atoms with Gasteiger partial charge in [0, 0.05) is 50.1 Å². The van der Waals surface area contributed by atoms with Crippen LogP contribution in [0, 0.1) is 0 Å². The third-order valence-corrected chi connectivity index (χ3v) is 7.27. The van der Waals surface area contributed by atoms with Crippen LogP contribution in [-0.2, 0) is 22.6 Å². The summed E-state index contributed by atoms with van der Waals surface area (Å²) in [5.74, 6) is 0. The fourth-order valence-electron chi connectivity index (χ4n) is 5.68. The highest BCUT2D eigenvalue weighted by molar-refractivity contribution is 5.12. The van der Waals surface area contributed by atoms with Crippen molar-refractivity contribution in [1.29, 1.82) is 0 Å². The maximum absolute atomic E-state index is 6.26. The van der Waals surface area contributed by atoms with Gasteiger partial charge in [0.2, 0.25) is 0 Å². The summed E-state index contributed by atoms with van der Waals surface area (Å²) in [6, 6.07) is 0.731. The molecule has 3 aliphatic rings. The Morgan fingerprint density at radius 3 is 2.61 bits per heavy atom. The minimum Gasteiger partial charge on any atom is -0.382 e. The van der Waals surface area contributed by atoms with Crippen molar-refractivity contribution in [3.05, 3.63) is 18.0 Å². The molecule has 158 valence electrons. The monoisotopic (exact) mass is 390 g/mol. The molecule has 0 N–H and O–H groups in total. The van der Waals surface area contributed by atoms with Gasteiger partial charge in [0.05, 0.1) is 25.5 Å². The number of hydrogen-bond acceptors (Lipinski definition) is 5. The summed E-state index contributed by atoms with van der Waals surface area (Å²) in [7, 11) is 1.76. The molecule has 1 spiro atoms. The number of methoxy groups -OCH3 is 1. The van der Waals surface area contributed by atoms with Crippen LogP contribution < -0.4 is 0 Å². The molecule has 1 saturated carbocycles. The summed E-state index contributed by atoms with van der Waals surface area (Å²) < 4.78 is 13.5. The van der Waals surface area contributed by atoms with Gasteiger partial charge in [0.1, 0.15) is 0 Å². The molecule has 2 aliphatic heterocycles. The van der Waals surface area contributed by atoms with Crippen LogP contribution in [-0.4, -0.2) is 77.2 Å². The summed E-state index contributed by atoms with van der Waals surface area (Å²) >= 11 is 0. The summed E-state index contributed by atoms with van der Waals surface area (Å²) in [6.07, 6.45) is 14.0. The van der Waals surface area contributed by atoms with Crippen LogP contribution in [0.3, 0.4) is 0 Å². The maximum atomic E-state index is 6.26. The number of rotatable bonds is 8. The lowest BCUT2D eigenvalue weighted by molar-refractivity contribution is -0.204. The van der Waals surface area contributed by atoms with Crippen molar-refractivity contribution in [3.8, 4) is 0 Å². The van der Waals surface area contributed by atoms with Crippen LogP contribution >= 0.6 is 0 Å². The van der Waals surface area contributed by atoms with Crippen LogP contribution in [0.15, 0.2) is 12.4 Å². The summed E-state index contributed by atoms with van der Waals surface area (Å²) in [4.78, 5) is 5.45. The van der Waals surface area contributed by atoms with E-state index in [2.05, 4.69) is 28.0 Å². The van der Waals surface area contributed by atoms with Crippen molar-refractivity contribution in [3.63, 3.8) is 0 Å². The van der Waals surface area contributed by atoms with Gasteiger partial charge in [0.15, 0.2) is 0 Å². The minimum atomic E-state index is 0.321. The van der Waals surface area contributed by atoms with E-state index >= 15 is 0 Å². The van der Waals surface area contributed by atoms with Gasteiger partial charge >= 0.3 is 0 Å². The molecule has 1 aromatic heterocycles. The lowest BCUT2D eigenvalue weighted by atomic mass is 9.69. The van der Waals surface area contributed by atoms with E-state index in [9.17, 15) is 0 Å². The van der Waals surface area contributed by atoms with E-state index in [1.54, 1.807) is 7.11 Å². The van der Waals surface area contributed by atoms with Gasteiger partial charge in [-0.05, 0) is 45.7 Å². The number of piperidine rings is 1. The molecule has 1 unspecified atom stereocenters. The molecule has 1 aliphatic carbocycles. The molecule has 1 atom stereocenters. The largest absolute Gasteiger partial charge is 0.382 e. The lowest BCUT2D eigenvalue weighted by Gasteiger charge is -2.63. The lowest BCUT2D eigenvalue weighted by Crippen LogP contribution is -2.75. The van der Waals surface area contributed by atoms with Crippen molar-refractivity contribution in [2.75, 3.05) is 40.0 Å². The molecule has 28 heavy (non-hydrogen) atoms. The Morgan fingerprint density at radius 1 is 1.14 bits per heavy atom. The van der Waals surface area contributed by atoms with Gasteiger partial charge < -0.3 is 9.47 Å². The summed E-state index contributed by atoms with van der Waals surface area (Å²) in [5, 5.41) is 4.42. The first kappa shape index (κ1) is 20.3. The van der Waals surface area contributed by atoms with Crippen LogP contribution in [0.25, 0.3) is 0 Å². The molecule has 6 nitrogen and oxygen atoms in total. The highest BCUT2D eigenvalue weighted by atomic mass is 16.5. The number of ether oxygens (including phenoxy) is 2. The zero-order valence-corrected chi connectivity index (χ0v) is 17.8. The van der Waals surface area contributed by atoms with Crippen LogP contribution in [0.1, 0.15) is 57.4 Å². The third-order valence-electron chi connectivity index (χ3n) is 7.27. The Balaban J connectivity index is 1.30. The topological polar surface area (TPSA) is 42.8 Å². The van der Waals surface area contributed by atoms with Crippen molar-refractivity contribution >= 4 is 0 Å². The second-order valence-corrected chi connectivity index (χ2v) is 8.88. The molecule has 2 saturated heterocycles. The second kappa shape index (κ2) is 9.24. The van der Waals surface area contributed by atoms with Gasteiger partial charge in [0.25, 0.3) is 0 Å². The Morgan fingerprint density at radius 2 is 1.93 bits per heavy atom. The Hall–Kier alpha value is -0.950. The van der Waals surface area contributed by atoms with E-state index in [-0.39, 0.29) is 0 Å². The van der Waals surface area contributed by atoms with Gasteiger partial charge in [-0.1, -0.05) is 19.3 Å². The fraction of sp³-hybridized carbons (Fsp3) is 0.864. The molecule has 0 bridgehead atoms. The third kappa shape index (κ3) is 4.16. The van der Waals surface area contributed by atoms with Gasteiger partial charge in [-0.15, -0.1) is 0 Å². The number of aromatic nitrogens is 2. The first-order chi connectivity index (χ1) is 13.7. The first-order valence-corrected chi connectivity index (χ1v) is 11.4. The van der Waals surface area contributed by atoms with E-state index in [4.69, 9.17) is 9.47 Å². The molecule has 6 heteroatoms. The number of hydrogen-bond donors (Lipinski definition) is 0. The minimum absolute atomic E-state index is 0.321. The van der Waals surface area contributed by atoms with Crippen molar-refractivity contribution in [2.24, 2.45) is 0 Å². The Kier molecular flexibility index (Phi) is 6.71. The van der Waals surface area contributed by atoms with E-state index in [1.807, 2.05) is 10.9 Å². The highest BCUT2D eigenvalue weighted by Crippen LogP contribution is 2.47. The van der Waals surface area contributed by atoms with E-state index < -0.39 is 0 Å². The predicted molar refractivity (Wildman–Crippen MR) is 110 cm³/mol. The molecular formula is C22H38N4O2. The quantitative estimate of drug-likeness (QED) is 0.639. The number of nitrogens with zero attached hydrogens (tertiary/aromatic N) is 4. The zero-order chi connectivity index (χ0) is 19.4. The smallest absolute Gasteiger partial charge is 0.0886 e. The predicted octanol–water partition coefficient (Wildman–Crippen LogP) is 2.92. The van der Waals surface area contributed by atoms with E-state index in [1.165, 1.54) is 63.6 Å². The fourth-order valence-corrected chi connectivity index (χ4v) is 5.68. The standard InChI is InChI=1S/C22H38N4O2/c1-3-25-17-19(15-23-25)16-24-11-7-20(8-12-24)26-18-21(28-14-13-27-2)22(26)9-5-4-6-10-22/h15,17,20-21H,3-14,16,18H2,1-2H3. The normalized spacial score (nSPS) is 26.6. The number of likely N-dealkylation sites (tertiary alicyclic amines) is 2. The molecule has 1 aromatic rings. The summed E-state index contributed by atoms with van der Waals surface area (Å²) in [5.41, 5.74) is 1.67. The van der Waals surface area contributed by atoms with Crippen molar-refractivity contribution in [1.82, 2.24) is 19.6 Å². The molecule has 3 fully saturated rings. The zero-order valence-electron chi connectivity index (χ0n) is 17.8. The second-order valence-electron chi connectivity index (χ2n) is 8.88. The van der Waals surface area contributed by atoms with E-state index in [0.717, 1.165) is 32.3 Å². The summed E-state index contributed by atoms with van der Waals surface area (Å²) in [6.45, 7) is 9.10. The number of aryl methyl sites for hydroxylation is 1. The average molecular weight is 391 g/mol. The average Bonchev–Trinajstić information content (AvgIpc) is 3.19. The van der Waals surface area contributed by atoms with Gasteiger partial charge in [-0.3, -0.25) is 14.5 Å². The SMILES string of the molecule is CCn1cc(CN2CCC(N3CC(OCCOC)C34CCCCC4)CC2)cn1. The van der Waals surface area contributed by atoms with Crippen LogP contribution in [0.5, 0.6) is 0 Å².